The lowest BCUT2D eigenvalue weighted by Gasteiger charge is -2.38. The van der Waals surface area contributed by atoms with Crippen LogP contribution in [0.5, 0.6) is 0 Å². The van der Waals surface area contributed by atoms with Crippen LogP contribution in [0.25, 0.3) is 5.69 Å². The Morgan fingerprint density at radius 2 is 1.66 bits per heavy atom. The smallest absolute Gasteiger partial charge is 0.162 e. The molecule has 1 aliphatic carbocycles. The summed E-state index contributed by atoms with van der Waals surface area (Å²) in [5.41, 5.74) is 6.13. The van der Waals surface area contributed by atoms with E-state index in [2.05, 4.69) is 43.4 Å². The summed E-state index contributed by atoms with van der Waals surface area (Å²) in [6, 6.07) is 20.5. The van der Waals surface area contributed by atoms with Gasteiger partial charge in [0.05, 0.1) is 11.4 Å². The highest BCUT2D eigenvalue weighted by Crippen LogP contribution is 2.50. The number of rotatable bonds is 2. The van der Waals surface area contributed by atoms with Gasteiger partial charge in [-0.2, -0.15) is 5.10 Å². The second kappa shape index (κ2) is 6.45. The maximum Gasteiger partial charge on any atom is 0.162 e. The van der Waals surface area contributed by atoms with Gasteiger partial charge in [0.1, 0.15) is 5.82 Å². The second-order valence-corrected chi connectivity index (χ2v) is 8.90. The summed E-state index contributed by atoms with van der Waals surface area (Å²) < 4.78 is 1.98. The van der Waals surface area contributed by atoms with Crippen LogP contribution in [-0.2, 0) is 4.79 Å². The molecule has 1 aliphatic heterocycles. The van der Waals surface area contributed by atoms with E-state index in [1.165, 1.54) is 0 Å². The number of allylic oxidation sites excluding steroid dienone is 2. The Labute approximate surface area is 171 Å². The fraction of sp³-hybridized carbons (Fsp3) is 0.280. The van der Waals surface area contributed by atoms with Crippen LogP contribution in [0.4, 0.5) is 5.82 Å². The van der Waals surface area contributed by atoms with Crippen molar-refractivity contribution in [2.75, 3.05) is 5.32 Å². The van der Waals surface area contributed by atoms with E-state index in [1.54, 1.807) is 0 Å². The Bertz CT molecular complexity index is 1120. The van der Waals surface area contributed by atoms with Crippen molar-refractivity contribution in [3.05, 3.63) is 88.8 Å². The number of fused-ring (bicyclic) bond motifs is 1. The lowest BCUT2D eigenvalue weighted by atomic mass is 9.69. The number of hydrogen-bond acceptors (Lipinski definition) is 3. The van der Waals surface area contributed by atoms with Crippen LogP contribution in [0.3, 0.4) is 0 Å². The van der Waals surface area contributed by atoms with Crippen molar-refractivity contribution in [1.82, 2.24) is 9.78 Å². The molecule has 0 spiro atoms. The maximum absolute atomic E-state index is 13.3. The van der Waals surface area contributed by atoms with E-state index in [-0.39, 0.29) is 17.1 Å². The Hall–Kier alpha value is -3.14. The Balaban J connectivity index is 1.76. The van der Waals surface area contributed by atoms with Crippen molar-refractivity contribution in [3.8, 4) is 5.69 Å². The van der Waals surface area contributed by atoms with Crippen LogP contribution in [0.1, 0.15) is 49.4 Å². The molecule has 5 rings (SSSR count). The van der Waals surface area contributed by atoms with E-state index < -0.39 is 0 Å². The summed E-state index contributed by atoms with van der Waals surface area (Å²) in [4.78, 5) is 13.3. The summed E-state index contributed by atoms with van der Waals surface area (Å²) >= 11 is 0. The SMILES string of the molecule is Cc1nn(-c2ccccc2)c2c1C(c1ccccc1)C1=C(CC(C)(C)CC1=O)N2. The fourth-order valence-corrected chi connectivity index (χ4v) is 4.81. The zero-order valence-electron chi connectivity index (χ0n) is 17.1. The first-order chi connectivity index (χ1) is 13.9. The van der Waals surface area contributed by atoms with Gasteiger partial charge < -0.3 is 5.32 Å². The topological polar surface area (TPSA) is 46.9 Å². The average Bonchev–Trinajstić information content (AvgIpc) is 3.03. The number of anilines is 1. The van der Waals surface area contributed by atoms with Crippen molar-refractivity contribution in [3.63, 3.8) is 0 Å². The fourth-order valence-electron chi connectivity index (χ4n) is 4.81. The zero-order valence-corrected chi connectivity index (χ0v) is 17.1. The normalized spacial score (nSPS) is 20.1. The number of nitrogens with zero attached hydrogens (tertiary/aromatic N) is 2. The lowest BCUT2D eigenvalue weighted by Crippen LogP contribution is -2.34. The van der Waals surface area contributed by atoms with E-state index in [1.807, 2.05) is 48.0 Å². The minimum Gasteiger partial charge on any atom is -0.343 e. The van der Waals surface area contributed by atoms with Crippen LogP contribution in [0, 0.1) is 12.3 Å². The van der Waals surface area contributed by atoms with Crippen molar-refractivity contribution in [2.24, 2.45) is 5.41 Å². The van der Waals surface area contributed by atoms with Gasteiger partial charge in [0.2, 0.25) is 0 Å². The molecule has 3 aromatic rings. The van der Waals surface area contributed by atoms with Gasteiger partial charge in [0, 0.05) is 29.2 Å². The molecule has 2 aliphatic rings. The molecule has 0 amide bonds. The average molecular weight is 383 g/mol. The van der Waals surface area contributed by atoms with Crippen LogP contribution in [0.2, 0.25) is 0 Å². The summed E-state index contributed by atoms with van der Waals surface area (Å²) in [6.45, 7) is 6.38. The van der Waals surface area contributed by atoms with E-state index in [0.29, 0.717) is 6.42 Å². The van der Waals surface area contributed by atoms with E-state index in [4.69, 9.17) is 5.10 Å². The lowest BCUT2D eigenvalue weighted by molar-refractivity contribution is -0.118. The number of carbonyl (C=O) groups is 1. The third-order valence-corrected chi connectivity index (χ3v) is 6.01. The van der Waals surface area contributed by atoms with E-state index >= 15 is 0 Å². The highest BCUT2D eigenvalue weighted by atomic mass is 16.1. The summed E-state index contributed by atoms with van der Waals surface area (Å²) in [5, 5.41) is 8.51. The van der Waals surface area contributed by atoms with Gasteiger partial charge >= 0.3 is 0 Å². The third kappa shape index (κ3) is 2.91. The molecule has 0 radical (unpaired) electrons. The first-order valence-corrected chi connectivity index (χ1v) is 10.2. The molecule has 1 aromatic heterocycles. The molecule has 4 nitrogen and oxygen atoms in total. The van der Waals surface area contributed by atoms with Gasteiger partial charge in [-0.3, -0.25) is 4.79 Å². The molecule has 2 aromatic carbocycles. The molecule has 146 valence electrons. The number of Topliss-reactive ketones (excluding diaryl/α,β-unsaturated/α-hetero) is 1. The molecule has 1 N–H and O–H groups in total. The largest absolute Gasteiger partial charge is 0.343 e. The van der Waals surface area contributed by atoms with Crippen molar-refractivity contribution in [1.29, 1.82) is 0 Å². The highest BCUT2D eigenvalue weighted by Gasteiger charge is 2.42. The van der Waals surface area contributed by atoms with Crippen LogP contribution in [-0.4, -0.2) is 15.6 Å². The molecule has 0 saturated heterocycles. The summed E-state index contributed by atoms with van der Waals surface area (Å²) in [5.74, 6) is 1.14. The number of benzene rings is 2. The molecule has 2 heterocycles. The Morgan fingerprint density at radius 1 is 1.00 bits per heavy atom. The number of aryl methyl sites for hydroxylation is 1. The zero-order chi connectivity index (χ0) is 20.2. The minimum atomic E-state index is -0.0801. The van der Waals surface area contributed by atoms with Crippen LogP contribution in [0.15, 0.2) is 71.9 Å². The van der Waals surface area contributed by atoms with Gasteiger partial charge in [-0.1, -0.05) is 62.4 Å². The highest BCUT2D eigenvalue weighted by molar-refractivity contribution is 6.01. The van der Waals surface area contributed by atoms with E-state index in [0.717, 1.165) is 46.0 Å². The summed E-state index contributed by atoms with van der Waals surface area (Å²) in [6.07, 6.45) is 1.44. The molecule has 0 fully saturated rings. The number of carbonyl (C=O) groups excluding carboxylic acids is 1. The number of ketones is 1. The predicted molar refractivity (Wildman–Crippen MR) is 115 cm³/mol. The standard InChI is InChI=1S/C25H25N3O/c1-16-21-22(17-10-6-4-7-11-17)23-19(14-25(2,3)15-20(23)29)26-24(21)28(27-16)18-12-8-5-9-13-18/h4-13,22,26H,14-15H2,1-3H3. The molecule has 4 heteroatoms. The molecule has 29 heavy (non-hydrogen) atoms. The third-order valence-electron chi connectivity index (χ3n) is 6.01. The summed E-state index contributed by atoms with van der Waals surface area (Å²) in [7, 11) is 0. The number of aromatic nitrogens is 2. The van der Waals surface area contributed by atoms with E-state index in [9.17, 15) is 4.79 Å². The first-order valence-electron chi connectivity index (χ1n) is 10.2. The second-order valence-electron chi connectivity index (χ2n) is 8.90. The maximum atomic E-state index is 13.3. The van der Waals surface area contributed by atoms with Gasteiger partial charge in [0.15, 0.2) is 5.78 Å². The number of hydrogen-bond donors (Lipinski definition) is 1. The molecule has 0 saturated carbocycles. The molecular formula is C25H25N3O. The number of para-hydroxylation sites is 1. The molecular weight excluding hydrogens is 358 g/mol. The predicted octanol–water partition coefficient (Wildman–Crippen LogP) is 5.38. The number of nitrogens with one attached hydrogen (secondary N) is 1. The van der Waals surface area contributed by atoms with Gasteiger partial charge in [-0.05, 0) is 36.5 Å². The van der Waals surface area contributed by atoms with Gasteiger partial charge in [0.25, 0.3) is 0 Å². The molecule has 0 bridgehead atoms. The quantitative estimate of drug-likeness (QED) is 0.646. The first kappa shape index (κ1) is 17.9. The minimum absolute atomic E-state index is 0.0473. The van der Waals surface area contributed by atoms with Crippen molar-refractivity contribution < 1.29 is 4.79 Å². The Kier molecular flexibility index (Phi) is 3.98. The van der Waals surface area contributed by atoms with Crippen molar-refractivity contribution in [2.45, 2.75) is 39.5 Å². The van der Waals surface area contributed by atoms with Crippen LogP contribution >= 0.6 is 0 Å². The Morgan fingerprint density at radius 3 is 2.34 bits per heavy atom. The van der Waals surface area contributed by atoms with Crippen molar-refractivity contribution >= 4 is 11.6 Å². The van der Waals surface area contributed by atoms with Gasteiger partial charge in [-0.15, -0.1) is 0 Å². The monoisotopic (exact) mass is 383 g/mol. The molecule has 1 unspecified atom stereocenters. The van der Waals surface area contributed by atoms with Crippen LogP contribution < -0.4 is 5.32 Å². The van der Waals surface area contributed by atoms with Gasteiger partial charge in [-0.25, -0.2) is 4.68 Å². The molecule has 1 atom stereocenters.